The Kier molecular flexibility index (Phi) is 13.1. The zero-order chi connectivity index (χ0) is 33.2. The van der Waals surface area contributed by atoms with E-state index < -0.39 is 29.5 Å². The van der Waals surface area contributed by atoms with Crippen LogP contribution < -0.4 is 10.9 Å². The number of fused-ring (bicyclic) bond motifs is 1. The van der Waals surface area contributed by atoms with Crippen LogP contribution in [0, 0.1) is 11.7 Å². The van der Waals surface area contributed by atoms with Crippen molar-refractivity contribution in [3.8, 4) is 0 Å². The molecule has 0 aliphatic carbocycles. The molecule has 0 saturated carbocycles. The van der Waals surface area contributed by atoms with Crippen LogP contribution in [-0.2, 0) is 32.1 Å². The van der Waals surface area contributed by atoms with E-state index in [-0.39, 0.29) is 30.4 Å². The number of carbonyl (C=O) groups excluding carboxylic acids is 3. The number of H-pyrrole nitrogens is 1. The van der Waals surface area contributed by atoms with Crippen LogP contribution in [-0.4, -0.2) is 97.4 Å². The minimum atomic E-state index is -2.38. The Balaban J connectivity index is 0.00000159. The van der Waals surface area contributed by atoms with Gasteiger partial charge in [-0.2, -0.15) is 0 Å². The highest BCUT2D eigenvalue weighted by Gasteiger charge is 2.38. The van der Waals surface area contributed by atoms with Crippen molar-refractivity contribution in [3.05, 3.63) is 76.1 Å². The number of hydrogen-bond acceptors (Lipinski definition) is 7. The average molecular weight is 610 g/mol. The summed E-state index contributed by atoms with van der Waals surface area (Å²) in [6, 6.07) is 7.56. The first-order valence-corrected chi connectivity index (χ1v) is 13.9. The van der Waals surface area contributed by atoms with Crippen molar-refractivity contribution in [2.45, 2.75) is 44.8 Å². The molecule has 11 nitrogen and oxygen atoms in total. The number of nitrogens with one attached hydrogen (secondary N) is 2. The zero-order valence-corrected chi connectivity index (χ0v) is 26.3. The molecule has 3 rings (SSSR count). The lowest BCUT2D eigenvalue weighted by Gasteiger charge is -2.30. The highest BCUT2D eigenvalue weighted by Crippen LogP contribution is 2.24. The minimum absolute atomic E-state index is 0.0493. The SMILES string of the molecule is CN(C)C.[B]C(O)(C/C=C/C(=O)N(C)C)C(OC=O)C(=O)Nc1cccn(Cc2cc3cc(F)cc(CC(C)C)c3[nH]2)c1=O. The number of halogens is 1. The van der Waals surface area contributed by atoms with Gasteiger partial charge in [0.2, 0.25) is 5.91 Å². The van der Waals surface area contributed by atoms with Crippen LogP contribution in [0.5, 0.6) is 0 Å². The third kappa shape index (κ3) is 10.5. The van der Waals surface area contributed by atoms with Crippen molar-refractivity contribution in [3.63, 3.8) is 0 Å². The summed E-state index contributed by atoms with van der Waals surface area (Å²) in [7, 11) is 14.9. The Hall–Kier alpha value is -4.23. The van der Waals surface area contributed by atoms with E-state index in [1.165, 1.54) is 60.1 Å². The highest BCUT2D eigenvalue weighted by molar-refractivity contribution is 6.18. The molecule has 0 saturated heterocycles. The predicted octanol–water partition coefficient (Wildman–Crippen LogP) is 2.26. The molecule has 13 heteroatoms. The molecule has 0 spiro atoms. The molecular formula is C31H41BFN5O6. The summed E-state index contributed by atoms with van der Waals surface area (Å²) >= 11 is 0. The summed E-state index contributed by atoms with van der Waals surface area (Å²) in [4.78, 5) is 55.4. The van der Waals surface area contributed by atoms with Gasteiger partial charge in [0.15, 0.2) is 6.10 Å². The van der Waals surface area contributed by atoms with Crippen LogP contribution >= 0.6 is 0 Å². The summed E-state index contributed by atoms with van der Waals surface area (Å²) in [5.41, 5.74) is -0.835. The lowest BCUT2D eigenvalue weighted by atomic mass is 9.73. The number of likely N-dealkylation sites (N-methyl/N-ethyl adjacent to an activating group) is 1. The second-order valence-corrected chi connectivity index (χ2v) is 11.6. The third-order valence-corrected chi connectivity index (χ3v) is 6.11. The quantitative estimate of drug-likeness (QED) is 0.163. The standard InChI is InChI=1S/C28H32BFN4O6.C3H9N/c1-17(2)11-18-12-20(30)13-19-14-21(31-24(18)19)15-34-10-6-7-22(27(34)38)32-26(37)25(40-16-35)28(29,39)9-5-8-23(36)33(3)4;1-4(2)3/h5-8,10,12-14,16-17,25,31,39H,9,11,15H2,1-4H3,(H,32,37);1-3H3/b8-5+;. The van der Waals surface area contributed by atoms with Gasteiger partial charge in [-0.05, 0) is 81.9 Å². The number of hydrogen-bond donors (Lipinski definition) is 3. The van der Waals surface area contributed by atoms with E-state index in [9.17, 15) is 28.7 Å². The number of carbonyl (C=O) groups is 3. The third-order valence-electron chi connectivity index (χ3n) is 6.11. The monoisotopic (exact) mass is 609 g/mol. The summed E-state index contributed by atoms with van der Waals surface area (Å²) in [6.45, 7) is 4.13. The Labute approximate surface area is 258 Å². The highest BCUT2D eigenvalue weighted by atomic mass is 19.1. The molecular weight excluding hydrogens is 568 g/mol. The first kappa shape index (κ1) is 36.0. The molecule has 236 valence electrons. The summed E-state index contributed by atoms with van der Waals surface area (Å²) < 4.78 is 20.3. The maximum Gasteiger partial charge on any atom is 0.293 e. The molecule has 0 fully saturated rings. The van der Waals surface area contributed by atoms with Crippen LogP contribution in [0.3, 0.4) is 0 Å². The molecule has 2 atom stereocenters. The topological polar surface area (TPSA) is 137 Å². The predicted molar refractivity (Wildman–Crippen MR) is 169 cm³/mol. The number of rotatable bonds is 12. The molecule has 2 heterocycles. The van der Waals surface area contributed by atoms with E-state index in [1.54, 1.807) is 6.07 Å². The lowest BCUT2D eigenvalue weighted by Crippen LogP contribution is -2.51. The molecule has 1 aromatic carbocycles. The molecule has 0 aliphatic heterocycles. The van der Waals surface area contributed by atoms with E-state index in [0.717, 1.165) is 17.2 Å². The van der Waals surface area contributed by atoms with Gasteiger partial charge in [0, 0.05) is 36.9 Å². The van der Waals surface area contributed by atoms with Crippen LogP contribution in [0.15, 0.2) is 53.5 Å². The molecule has 2 unspecified atom stereocenters. The normalized spacial score (nSPS) is 13.3. The van der Waals surface area contributed by atoms with Gasteiger partial charge in [-0.25, -0.2) is 4.39 Å². The maximum atomic E-state index is 14.2. The summed E-state index contributed by atoms with van der Waals surface area (Å²) in [5, 5.41) is 13.7. The summed E-state index contributed by atoms with van der Waals surface area (Å²) in [6.07, 6.45) is 2.29. The average Bonchev–Trinajstić information content (AvgIpc) is 3.31. The fraction of sp³-hybridized carbons (Fsp3) is 0.419. The van der Waals surface area contributed by atoms with Crippen LogP contribution in [0.4, 0.5) is 10.1 Å². The van der Waals surface area contributed by atoms with Gasteiger partial charge in [0.1, 0.15) is 19.4 Å². The van der Waals surface area contributed by atoms with Gasteiger partial charge in [-0.3, -0.25) is 19.2 Å². The number of nitrogens with zero attached hydrogens (tertiary/aromatic N) is 3. The largest absolute Gasteiger partial charge is 0.452 e. The number of aromatic amines is 1. The number of benzene rings is 1. The maximum absolute atomic E-state index is 14.2. The molecule has 2 aromatic heterocycles. The van der Waals surface area contributed by atoms with Gasteiger partial charge < -0.3 is 34.5 Å². The molecule has 0 bridgehead atoms. The van der Waals surface area contributed by atoms with Crippen LogP contribution in [0.1, 0.15) is 31.5 Å². The van der Waals surface area contributed by atoms with Crippen molar-refractivity contribution in [1.82, 2.24) is 19.4 Å². The number of amides is 2. The van der Waals surface area contributed by atoms with Gasteiger partial charge in [-0.1, -0.05) is 19.9 Å². The number of aliphatic hydroxyl groups is 1. The van der Waals surface area contributed by atoms with E-state index >= 15 is 0 Å². The second-order valence-electron chi connectivity index (χ2n) is 11.6. The van der Waals surface area contributed by atoms with Crippen LogP contribution in [0.2, 0.25) is 0 Å². The van der Waals surface area contributed by atoms with Crippen molar-refractivity contribution in [2.24, 2.45) is 5.92 Å². The molecule has 3 N–H and O–H groups in total. The molecule has 2 radical (unpaired) electrons. The second kappa shape index (κ2) is 16.0. The van der Waals surface area contributed by atoms with Crippen molar-refractivity contribution >= 4 is 42.7 Å². The molecule has 44 heavy (non-hydrogen) atoms. The first-order chi connectivity index (χ1) is 20.5. The van der Waals surface area contributed by atoms with Crippen molar-refractivity contribution in [1.29, 1.82) is 0 Å². The number of ether oxygens (including phenoxy) is 1. The van der Waals surface area contributed by atoms with Gasteiger partial charge >= 0.3 is 0 Å². The first-order valence-electron chi connectivity index (χ1n) is 13.9. The van der Waals surface area contributed by atoms with E-state index in [4.69, 9.17) is 12.6 Å². The van der Waals surface area contributed by atoms with Gasteiger partial charge in [0.05, 0.1) is 12.0 Å². The summed E-state index contributed by atoms with van der Waals surface area (Å²) in [5.74, 6) is -1.45. The Bertz CT molecular complexity index is 1530. The smallest absolute Gasteiger partial charge is 0.293 e. The molecule has 0 aliphatic rings. The van der Waals surface area contributed by atoms with Gasteiger partial charge in [0.25, 0.3) is 17.9 Å². The number of anilines is 1. The van der Waals surface area contributed by atoms with Crippen LogP contribution in [0.25, 0.3) is 10.9 Å². The minimum Gasteiger partial charge on any atom is -0.452 e. The Morgan fingerprint density at radius 1 is 1.20 bits per heavy atom. The van der Waals surface area contributed by atoms with Gasteiger partial charge in [-0.15, -0.1) is 0 Å². The van der Waals surface area contributed by atoms with E-state index in [1.807, 2.05) is 39.9 Å². The fourth-order valence-electron chi connectivity index (χ4n) is 4.23. The fourth-order valence-corrected chi connectivity index (χ4v) is 4.23. The molecule has 2 amide bonds. The number of pyridine rings is 1. The van der Waals surface area contributed by atoms with Crippen molar-refractivity contribution < 1.29 is 28.6 Å². The van der Waals surface area contributed by atoms with E-state index in [0.29, 0.717) is 23.4 Å². The zero-order valence-electron chi connectivity index (χ0n) is 26.3. The Morgan fingerprint density at radius 2 is 1.86 bits per heavy atom. The van der Waals surface area contributed by atoms with E-state index in [2.05, 4.69) is 10.3 Å². The van der Waals surface area contributed by atoms with Crippen molar-refractivity contribution in [2.75, 3.05) is 40.6 Å². The Morgan fingerprint density at radius 3 is 2.45 bits per heavy atom. The molecule has 3 aromatic rings. The number of aromatic nitrogens is 2. The lowest BCUT2D eigenvalue weighted by molar-refractivity contribution is -0.152.